The van der Waals surface area contributed by atoms with Crippen LogP contribution >= 0.6 is 0 Å². The summed E-state index contributed by atoms with van der Waals surface area (Å²) < 4.78 is 55.4. The Balaban J connectivity index is 1.66. The number of halogens is 4. The number of nitrogens with zero attached hydrogens (tertiary/aromatic N) is 2. The van der Waals surface area contributed by atoms with Crippen LogP contribution in [0.3, 0.4) is 0 Å². The summed E-state index contributed by atoms with van der Waals surface area (Å²) in [7, 11) is 2.00. The number of rotatable bonds is 3. The van der Waals surface area contributed by atoms with Gasteiger partial charge in [0.2, 0.25) is 0 Å². The summed E-state index contributed by atoms with van der Waals surface area (Å²) in [6.45, 7) is 2.42. The summed E-state index contributed by atoms with van der Waals surface area (Å²) in [5, 5.41) is 2.91. The Morgan fingerprint density at radius 2 is 2.07 bits per heavy atom. The predicted octanol–water partition coefficient (Wildman–Crippen LogP) is 3.95. The van der Waals surface area contributed by atoms with Gasteiger partial charge < -0.3 is 14.8 Å². The molecule has 0 amide bonds. The van der Waals surface area contributed by atoms with Gasteiger partial charge in [0.15, 0.2) is 0 Å². The van der Waals surface area contributed by atoms with E-state index in [0.29, 0.717) is 19.5 Å². The molecule has 3 aliphatic rings. The largest absolute Gasteiger partial charge is 0.395 e. The molecule has 1 aliphatic carbocycles. The van der Waals surface area contributed by atoms with E-state index in [4.69, 9.17) is 0 Å². The van der Waals surface area contributed by atoms with Gasteiger partial charge in [-0.05, 0) is 48.7 Å². The second-order valence-corrected chi connectivity index (χ2v) is 7.58. The van der Waals surface area contributed by atoms with Crippen LogP contribution in [0.5, 0.6) is 0 Å². The van der Waals surface area contributed by atoms with Crippen molar-refractivity contribution in [1.29, 1.82) is 0 Å². The molecule has 3 heterocycles. The van der Waals surface area contributed by atoms with E-state index in [-0.39, 0.29) is 18.8 Å². The maximum Gasteiger partial charge on any atom is 0.395 e. The number of dihydropyridines is 1. The molecule has 146 valence electrons. The van der Waals surface area contributed by atoms with Gasteiger partial charge in [-0.25, -0.2) is 4.39 Å². The molecule has 0 bridgehead atoms. The fraction of sp³-hybridized carbons (Fsp3) is 0.500. The monoisotopic (exact) mass is 381 g/mol. The average molecular weight is 381 g/mol. The highest BCUT2D eigenvalue weighted by Crippen LogP contribution is 2.39. The van der Waals surface area contributed by atoms with Crippen LogP contribution in [0.25, 0.3) is 6.08 Å². The topological polar surface area (TPSA) is 20.2 Å². The zero-order valence-electron chi connectivity index (χ0n) is 15.2. The van der Waals surface area contributed by atoms with E-state index >= 15 is 0 Å². The normalized spacial score (nSPS) is 22.6. The summed E-state index contributed by atoms with van der Waals surface area (Å²) in [6.07, 6.45) is 3.54. The first-order chi connectivity index (χ1) is 12.8. The van der Waals surface area contributed by atoms with Crippen LogP contribution in [0.15, 0.2) is 29.8 Å². The molecule has 27 heavy (non-hydrogen) atoms. The Bertz CT molecular complexity index is 829. The Hall–Kier alpha value is -2.02. The molecule has 0 aromatic carbocycles. The number of likely N-dealkylation sites (N-methyl/N-ethyl adjacent to an activating group) is 1. The van der Waals surface area contributed by atoms with E-state index in [1.54, 1.807) is 12.2 Å². The van der Waals surface area contributed by atoms with Crippen LogP contribution in [-0.2, 0) is 25.9 Å². The van der Waals surface area contributed by atoms with Crippen molar-refractivity contribution in [3.63, 3.8) is 0 Å². The van der Waals surface area contributed by atoms with Crippen molar-refractivity contribution in [2.24, 2.45) is 5.92 Å². The van der Waals surface area contributed by atoms with Crippen molar-refractivity contribution in [2.75, 3.05) is 20.1 Å². The average Bonchev–Trinajstić information content (AvgIpc) is 2.92. The third kappa shape index (κ3) is 3.57. The second-order valence-electron chi connectivity index (χ2n) is 7.58. The number of nitrogens with one attached hydrogen (secondary N) is 1. The third-order valence-corrected chi connectivity index (χ3v) is 5.65. The number of hydrogen-bond acceptors (Lipinski definition) is 2. The van der Waals surface area contributed by atoms with Gasteiger partial charge in [0, 0.05) is 43.6 Å². The third-order valence-electron chi connectivity index (χ3n) is 5.65. The van der Waals surface area contributed by atoms with Gasteiger partial charge >= 0.3 is 6.18 Å². The zero-order chi connectivity index (χ0) is 19.2. The number of hydrogen-bond donors (Lipinski definition) is 1. The van der Waals surface area contributed by atoms with Crippen molar-refractivity contribution >= 4 is 6.08 Å². The Kier molecular flexibility index (Phi) is 4.66. The van der Waals surface area contributed by atoms with E-state index in [0.717, 1.165) is 41.1 Å². The minimum Gasteiger partial charge on any atom is -0.384 e. The van der Waals surface area contributed by atoms with Crippen LogP contribution < -0.4 is 5.32 Å². The first-order valence-electron chi connectivity index (χ1n) is 9.28. The highest BCUT2D eigenvalue weighted by Gasteiger charge is 2.41. The molecular formula is C20H23F4N3. The van der Waals surface area contributed by atoms with Gasteiger partial charge in [0.1, 0.15) is 5.83 Å². The molecule has 1 N–H and O–H groups in total. The van der Waals surface area contributed by atoms with E-state index in [9.17, 15) is 17.6 Å². The van der Waals surface area contributed by atoms with Crippen molar-refractivity contribution in [1.82, 2.24) is 14.8 Å². The van der Waals surface area contributed by atoms with E-state index in [1.165, 1.54) is 6.08 Å². The molecule has 1 atom stereocenters. The number of alkyl halides is 3. The number of aromatic nitrogens is 1. The minimum atomic E-state index is -4.22. The summed E-state index contributed by atoms with van der Waals surface area (Å²) in [6, 6.07) is 0. The minimum absolute atomic E-state index is 0.0112. The summed E-state index contributed by atoms with van der Waals surface area (Å²) in [5.74, 6) is -1.61. The Morgan fingerprint density at radius 1 is 1.26 bits per heavy atom. The predicted molar refractivity (Wildman–Crippen MR) is 96.6 cm³/mol. The lowest BCUT2D eigenvalue weighted by atomic mass is 9.89. The van der Waals surface area contributed by atoms with Crippen LogP contribution in [0.4, 0.5) is 17.6 Å². The van der Waals surface area contributed by atoms with Crippen molar-refractivity contribution in [3.05, 3.63) is 52.3 Å². The van der Waals surface area contributed by atoms with Crippen LogP contribution in [0.1, 0.15) is 28.9 Å². The smallest absolute Gasteiger partial charge is 0.384 e. The SMILES string of the molecule is CN1CCc2c(c3c(n2CCC2=CNCC(F)=C2)C=CC(C(F)(F)F)C3)C1. The standard InChI is InChI=1S/C20H23F4N3/c1-26-6-5-19-17(12-26)16-9-14(20(22,23)24)2-3-18(16)27(19)7-4-13-8-15(21)11-25-10-13/h2-3,8,10,14,25H,4-7,9,11-12H2,1H3. The number of allylic oxidation sites excluding steroid dienone is 3. The van der Waals surface area contributed by atoms with Gasteiger partial charge in [0.05, 0.1) is 12.5 Å². The number of fused-ring (bicyclic) bond motifs is 3. The molecule has 0 radical (unpaired) electrons. The molecule has 1 aromatic rings. The fourth-order valence-corrected chi connectivity index (χ4v) is 4.27. The quantitative estimate of drug-likeness (QED) is 0.800. The molecule has 3 nitrogen and oxygen atoms in total. The van der Waals surface area contributed by atoms with Crippen molar-refractivity contribution in [2.45, 2.75) is 38.5 Å². The van der Waals surface area contributed by atoms with Gasteiger partial charge in [0.25, 0.3) is 0 Å². The second kappa shape index (κ2) is 6.86. The molecule has 0 saturated carbocycles. The Labute approximate surface area is 156 Å². The molecule has 7 heteroatoms. The van der Waals surface area contributed by atoms with Crippen LogP contribution in [0, 0.1) is 5.92 Å². The lowest BCUT2D eigenvalue weighted by molar-refractivity contribution is -0.160. The molecule has 1 aromatic heterocycles. The maximum atomic E-state index is 13.5. The van der Waals surface area contributed by atoms with Gasteiger partial charge in [-0.1, -0.05) is 6.08 Å². The van der Waals surface area contributed by atoms with E-state index in [1.807, 2.05) is 13.2 Å². The summed E-state index contributed by atoms with van der Waals surface area (Å²) in [4.78, 5) is 2.15. The van der Waals surface area contributed by atoms with Crippen LogP contribution in [-0.4, -0.2) is 35.8 Å². The first kappa shape index (κ1) is 18.3. The van der Waals surface area contributed by atoms with Crippen molar-refractivity contribution < 1.29 is 17.6 Å². The highest BCUT2D eigenvalue weighted by atomic mass is 19.4. The Morgan fingerprint density at radius 3 is 2.81 bits per heavy atom. The van der Waals surface area contributed by atoms with Gasteiger partial charge in [-0.2, -0.15) is 13.2 Å². The van der Waals surface area contributed by atoms with Crippen LogP contribution in [0.2, 0.25) is 0 Å². The molecule has 0 spiro atoms. The molecule has 4 rings (SSSR count). The molecule has 0 saturated heterocycles. The molecule has 1 unspecified atom stereocenters. The van der Waals surface area contributed by atoms with E-state index < -0.39 is 12.1 Å². The van der Waals surface area contributed by atoms with E-state index in [2.05, 4.69) is 14.8 Å². The summed E-state index contributed by atoms with van der Waals surface area (Å²) >= 11 is 0. The van der Waals surface area contributed by atoms with Gasteiger partial charge in [-0.15, -0.1) is 0 Å². The highest BCUT2D eigenvalue weighted by molar-refractivity contribution is 5.59. The zero-order valence-corrected chi connectivity index (χ0v) is 15.2. The molecule has 0 fully saturated rings. The first-order valence-corrected chi connectivity index (χ1v) is 9.28. The van der Waals surface area contributed by atoms with Crippen molar-refractivity contribution in [3.8, 4) is 0 Å². The summed E-state index contributed by atoms with van der Waals surface area (Å²) in [5.41, 5.74) is 4.79. The molecular weight excluding hydrogens is 358 g/mol. The lowest BCUT2D eigenvalue weighted by Crippen LogP contribution is -2.28. The maximum absolute atomic E-state index is 13.5. The fourth-order valence-electron chi connectivity index (χ4n) is 4.27. The molecule has 2 aliphatic heterocycles. The lowest BCUT2D eigenvalue weighted by Gasteiger charge is -2.25. The van der Waals surface area contributed by atoms with Gasteiger partial charge in [-0.3, -0.25) is 0 Å².